The van der Waals surface area contributed by atoms with Crippen molar-refractivity contribution in [1.29, 1.82) is 0 Å². The van der Waals surface area contributed by atoms with Crippen LogP contribution in [0.2, 0.25) is 0 Å². The van der Waals surface area contributed by atoms with E-state index in [-0.39, 0.29) is 30.8 Å². The Morgan fingerprint density at radius 2 is 1.92 bits per heavy atom. The zero-order valence-electron chi connectivity index (χ0n) is 13.7. The van der Waals surface area contributed by atoms with Crippen molar-refractivity contribution in [3.05, 3.63) is 29.8 Å². The number of ether oxygens (including phenoxy) is 1. The molecule has 0 aromatic heterocycles. The molecule has 0 aliphatic carbocycles. The van der Waals surface area contributed by atoms with Gasteiger partial charge in [-0.25, -0.2) is 0 Å². The molecule has 0 bridgehead atoms. The Morgan fingerprint density at radius 1 is 1.29 bits per heavy atom. The number of hydrogen-bond donors (Lipinski definition) is 2. The molecule has 1 fully saturated rings. The van der Waals surface area contributed by atoms with Gasteiger partial charge in [0.25, 0.3) is 0 Å². The first-order valence-corrected chi connectivity index (χ1v) is 8.75. The van der Waals surface area contributed by atoms with Gasteiger partial charge in [0, 0.05) is 37.4 Å². The van der Waals surface area contributed by atoms with E-state index in [0.29, 0.717) is 12.1 Å². The number of nitrogens with zero attached hydrogens (tertiary/aromatic N) is 1. The molecule has 1 heterocycles. The molecule has 1 unspecified atom stereocenters. The van der Waals surface area contributed by atoms with Gasteiger partial charge in [0.1, 0.15) is 6.04 Å². The summed E-state index contributed by atoms with van der Waals surface area (Å²) in [7, 11) is 1.50. The highest BCUT2D eigenvalue weighted by atomic mass is 35.5. The minimum atomic E-state index is -0.696. The normalized spacial score (nSPS) is 15.3. The lowest BCUT2D eigenvalue weighted by Gasteiger charge is -2.26. The van der Waals surface area contributed by atoms with Crippen LogP contribution in [-0.4, -0.2) is 61.1 Å². The molecular weight excluding hydrogens is 350 g/mol. The van der Waals surface area contributed by atoms with Crippen molar-refractivity contribution in [2.45, 2.75) is 12.5 Å². The van der Waals surface area contributed by atoms with Gasteiger partial charge in [-0.15, -0.1) is 12.4 Å². The van der Waals surface area contributed by atoms with Crippen molar-refractivity contribution in [3.63, 3.8) is 0 Å². The Kier molecular flexibility index (Phi) is 9.13. The first-order chi connectivity index (χ1) is 11.1. The lowest BCUT2D eigenvalue weighted by molar-refractivity contribution is -0.130. The van der Waals surface area contributed by atoms with Gasteiger partial charge >= 0.3 is 0 Å². The number of thioether (sulfide) groups is 1. The largest absolute Gasteiger partial charge is 0.383 e. The van der Waals surface area contributed by atoms with Gasteiger partial charge in [-0.05, 0) is 17.7 Å². The van der Waals surface area contributed by atoms with Crippen LogP contribution in [0.25, 0.3) is 0 Å². The molecular formula is C16H24ClN3O3S. The lowest BCUT2D eigenvalue weighted by Crippen LogP contribution is -2.39. The third-order valence-corrected chi connectivity index (χ3v) is 4.57. The molecule has 1 saturated heterocycles. The Bertz CT molecular complexity index is 536. The highest BCUT2D eigenvalue weighted by molar-refractivity contribution is 7.99. The van der Waals surface area contributed by atoms with E-state index in [1.165, 1.54) is 7.11 Å². The molecule has 2 amide bonds. The number of nitrogens with two attached hydrogens (primary N) is 1. The van der Waals surface area contributed by atoms with E-state index in [1.807, 2.05) is 28.8 Å². The molecule has 1 atom stereocenters. The first-order valence-electron chi connectivity index (χ1n) is 7.60. The number of anilines is 1. The fraction of sp³-hybridized carbons (Fsp3) is 0.500. The Hall–Kier alpha value is -1.28. The number of carbonyl (C=O) groups is 2. The van der Waals surface area contributed by atoms with Gasteiger partial charge in [0.15, 0.2) is 0 Å². The zero-order valence-corrected chi connectivity index (χ0v) is 15.3. The van der Waals surface area contributed by atoms with E-state index in [2.05, 4.69) is 5.32 Å². The maximum absolute atomic E-state index is 12.2. The van der Waals surface area contributed by atoms with Gasteiger partial charge in [0.05, 0.1) is 13.0 Å². The maximum Gasteiger partial charge on any atom is 0.243 e. The minimum Gasteiger partial charge on any atom is -0.383 e. The molecule has 1 aromatic carbocycles. The third kappa shape index (κ3) is 6.32. The number of amides is 2. The number of rotatable bonds is 6. The highest BCUT2D eigenvalue weighted by Gasteiger charge is 2.17. The summed E-state index contributed by atoms with van der Waals surface area (Å²) in [4.78, 5) is 25.9. The van der Waals surface area contributed by atoms with E-state index in [1.54, 1.807) is 12.1 Å². The summed E-state index contributed by atoms with van der Waals surface area (Å²) in [5, 5.41) is 2.73. The van der Waals surface area contributed by atoms with Gasteiger partial charge < -0.3 is 20.7 Å². The van der Waals surface area contributed by atoms with E-state index in [4.69, 9.17) is 10.5 Å². The van der Waals surface area contributed by atoms with Crippen LogP contribution in [0.4, 0.5) is 5.69 Å². The molecule has 6 nitrogen and oxygen atoms in total. The Labute approximate surface area is 152 Å². The molecule has 1 aromatic rings. The molecule has 134 valence electrons. The molecule has 8 heteroatoms. The molecule has 24 heavy (non-hydrogen) atoms. The summed E-state index contributed by atoms with van der Waals surface area (Å²) >= 11 is 1.88. The number of halogens is 1. The van der Waals surface area contributed by atoms with Crippen molar-refractivity contribution >= 4 is 41.7 Å². The van der Waals surface area contributed by atoms with Crippen molar-refractivity contribution < 1.29 is 14.3 Å². The second-order valence-corrected chi connectivity index (χ2v) is 6.64. The van der Waals surface area contributed by atoms with Crippen LogP contribution in [0.5, 0.6) is 0 Å². The summed E-state index contributed by atoms with van der Waals surface area (Å²) < 4.78 is 4.85. The molecule has 0 saturated carbocycles. The van der Waals surface area contributed by atoms with E-state index < -0.39 is 6.04 Å². The van der Waals surface area contributed by atoms with Gasteiger partial charge in [-0.1, -0.05) is 12.1 Å². The van der Waals surface area contributed by atoms with Crippen LogP contribution < -0.4 is 11.1 Å². The van der Waals surface area contributed by atoms with Crippen LogP contribution in [0, 0.1) is 0 Å². The monoisotopic (exact) mass is 373 g/mol. The second kappa shape index (κ2) is 10.6. The summed E-state index contributed by atoms with van der Waals surface area (Å²) in [5.41, 5.74) is 7.26. The van der Waals surface area contributed by atoms with Crippen molar-refractivity contribution in [1.82, 2.24) is 4.90 Å². The average molecular weight is 374 g/mol. The van der Waals surface area contributed by atoms with Crippen molar-refractivity contribution in [2.24, 2.45) is 5.73 Å². The molecule has 2 rings (SSSR count). The van der Waals surface area contributed by atoms with Crippen molar-refractivity contribution in [3.8, 4) is 0 Å². The smallest absolute Gasteiger partial charge is 0.243 e. The molecule has 0 radical (unpaired) electrons. The molecule has 0 spiro atoms. The Morgan fingerprint density at radius 3 is 2.50 bits per heavy atom. The standard InChI is InChI=1S/C16H23N3O3S.ClH/c1-22-11-14(17)16(21)18-13-4-2-12(3-5-13)10-15(20)19-6-8-23-9-7-19;/h2-5,14H,6-11,17H2,1H3,(H,18,21);1H. The highest BCUT2D eigenvalue weighted by Crippen LogP contribution is 2.14. The lowest BCUT2D eigenvalue weighted by atomic mass is 10.1. The Balaban J connectivity index is 0.00000288. The topological polar surface area (TPSA) is 84.7 Å². The summed E-state index contributed by atoms with van der Waals surface area (Å²) in [6, 6.07) is 6.58. The fourth-order valence-corrected chi connectivity index (χ4v) is 3.20. The first kappa shape index (κ1) is 20.8. The summed E-state index contributed by atoms with van der Waals surface area (Å²) in [5.74, 6) is 1.89. The van der Waals surface area contributed by atoms with Crippen LogP contribution >= 0.6 is 24.2 Å². The van der Waals surface area contributed by atoms with E-state index in [9.17, 15) is 9.59 Å². The second-order valence-electron chi connectivity index (χ2n) is 5.42. The SMILES string of the molecule is COCC(N)C(=O)Nc1ccc(CC(=O)N2CCSCC2)cc1.Cl. The predicted octanol–water partition coefficient (Wildman–Crippen LogP) is 1.14. The molecule has 1 aliphatic heterocycles. The maximum atomic E-state index is 12.2. The number of carbonyl (C=O) groups excluding carboxylic acids is 2. The zero-order chi connectivity index (χ0) is 16.7. The third-order valence-electron chi connectivity index (χ3n) is 3.62. The van der Waals surface area contributed by atoms with Gasteiger partial charge in [0.2, 0.25) is 11.8 Å². The predicted molar refractivity (Wildman–Crippen MR) is 99.8 cm³/mol. The molecule has 1 aliphatic rings. The minimum absolute atomic E-state index is 0. The van der Waals surface area contributed by atoms with E-state index >= 15 is 0 Å². The molecule has 3 N–H and O–H groups in total. The van der Waals surface area contributed by atoms with Crippen LogP contribution in [0.3, 0.4) is 0 Å². The summed E-state index contributed by atoms with van der Waals surface area (Å²) in [6.07, 6.45) is 0.391. The van der Waals surface area contributed by atoms with Gasteiger partial charge in [-0.2, -0.15) is 11.8 Å². The number of benzene rings is 1. The number of hydrogen-bond acceptors (Lipinski definition) is 5. The van der Waals surface area contributed by atoms with Crippen molar-refractivity contribution in [2.75, 3.05) is 43.6 Å². The van der Waals surface area contributed by atoms with Gasteiger partial charge in [-0.3, -0.25) is 9.59 Å². The van der Waals surface area contributed by atoms with E-state index in [0.717, 1.165) is 30.2 Å². The average Bonchev–Trinajstić information content (AvgIpc) is 2.57. The number of methoxy groups -OCH3 is 1. The van der Waals surface area contributed by atoms with Crippen LogP contribution in [0.15, 0.2) is 24.3 Å². The number of nitrogens with one attached hydrogen (secondary N) is 1. The van der Waals surface area contributed by atoms with Crippen LogP contribution in [-0.2, 0) is 20.7 Å². The van der Waals surface area contributed by atoms with Crippen LogP contribution in [0.1, 0.15) is 5.56 Å². The fourth-order valence-electron chi connectivity index (χ4n) is 2.30. The summed E-state index contributed by atoms with van der Waals surface area (Å²) in [6.45, 7) is 1.83. The quantitative estimate of drug-likeness (QED) is 0.781.